The van der Waals surface area contributed by atoms with Gasteiger partial charge in [0.2, 0.25) is 10.0 Å². The van der Waals surface area contributed by atoms with Crippen LogP contribution in [-0.4, -0.2) is 61.8 Å². The third kappa shape index (κ3) is 5.08. The van der Waals surface area contributed by atoms with Gasteiger partial charge in [0, 0.05) is 25.7 Å². The molecule has 2 heterocycles. The summed E-state index contributed by atoms with van der Waals surface area (Å²) in [7, 11) is -3.72. The van der Waals surface area contributed by atoms with Crippen LogP contribution in [0.3, 0.4) is 0 Å². The molecule has 1 amide bonds. The third-order valence-corrected chi connectivity index (χ3v) is 9.40. The standard InChI is InChI=1S/C24H33ClN2O5S/c1-23(2)12-17-13-24(3,15-23)16-27(17)21(28)14-32-22(29)19-11-18(7-8-20(19)25)33(30,31)26-9-5-4-6-10-26/h7-8,11,17H,4-6,9-10,12-16H2,1-3H3. The van der Waals surface area contributed by atoms with Gasteiger partial charge < -0.3 is 9.64 Å². The largest absolute Gasteiger partial charge is 0.452 e. The monoisotopic (exact) mass is 496 g/mol. The molecule has 0 N–H and O–H groups in total. The first-order chi connectivity index (χ1) is 15.4. The van der Waals surface area contributed by atoms with Crippen molar-refractivity contribution in [2.45, 2.75) is 70.2 Å². The van der Waals surface area contributed by atoms with Crippen LogP contribution in [0.1, 0.15) is 69.7 Å². The van der Waals surface area contributed by atoms with E-state index in [-0.39, 0.29) is 44.9 Å². The third-order valence-electron chi connectivity index (χ3n) is 7.17. The molecule has 2 saturated heterocycles. The van der Waals surface area contributed by atoms with Crippen molar-refractivity contribution in [3.8, 4) is 0 Å². The van der Waals surface area contributed by atoms with Gasteiger partial charge in [0.25, 0.3) is 5.91 Å². The van der Waals surface area contributed by atoms with Gasteiger partial charge in [-0.05, 0) is 61.1 Å². The first kappa shape index (κ1) is 24.5. The minimum Gasteiger partial charge on any atom is -0.452 e. The smallest absolute Gasteiger partial charge is 0.340 e. The van der Waals surface area contributed by atoms with Gasteiger partial charge in [-0.1, -0.05) is 38.8 Å². The summed E-state index contributed by atoms with van der Waals surface area (Å²) >= 11 is 6.19. The van der Waals surface area contributed by atoms with Crippen molar-refractivity contribution in [2.24, 2.45) is 10.8 Å². The Morgan fingerprint density at radius 3 is 2.52 bits per heavy atom. The molecular weight excluding hydrogens is 464 g/mol. The van der Waals surface area contributed by atoms with Crippen LogP contribution < -0.4 is 0 Å². The Kier molecular flexibility index (Phi) is 6.57. The Bertz CT molecular complexity index is 1050. The van der Waals surface area contributed by atoms with Gasteiger partial charge in [-0.2, -0.15) is 4.31 Å². The second kappa shape index (κ2) is 8.86. The van der Waals surface area contributed by atoms with Gasteiger partial charge in [-0.25, -0.2) is 13.2 Å². The maximum atomic E-state index is 13.0. The number of carbonyl (C=O) groups excluding carboxylic acids is 2. The molecule has 2 bridgehead atoms. The quantitative estimate of drug-likeness (QED) is 0.573. The highest BCUT2D eigenvalue weighted by atomic mass is 35.5. The van der Waals surface area contributed by atoms with E-state index in [0.717, 1.165) is 38.5 Å². The van der Waals surface area contributed by atoms with Crippen molar-refractivity contribution in [1.82, 2.24) is 9.21 Å². The lowest BCUT2D eigenvalue weighted by Crippen LogP contribution is -2.39. The number of ether oxygens (including phenoxy) is 1. The number of nitrogens with zero attached hydrogens (tertiary/aromatic N) is 2. The Morgan fingerprint density at radius 2 is 1.82 bits per heavy atom. The van der Waals surface area contributed by atoms with Crippen molar-refractivity contribution < 1.29 is 22.7 Å². The predicted octanol–water partition coefficient (Wildman–Crippen LogP) is 4.10. The highest BCUT2D eigenvalue weighted by molar-refractivity contribution is 7.89. The van der Waals surface area contributed by atoms with Crippen molar-refractivity contribution in [3.05, 3.63) is 28.8 Å². The minimum atomic E-state index is -3.72. The number of amides is 1. The fraction of sp³-hybridized carbons (Fsp3) is 0.667. The number of carbonyl (C=O) groups is 2. The van der Waals surface area contributed by atoms with Gasteiger partial charge in [0.05, 0.1) is 15.5 Å². The summed E-state index contributed by atoms with van der Waals surface area (Å²) in [6.07, 6.45) is 5.61. The molecular formula is C24H33ClN2O5S. The zero-order valence-corrected chi connectivity index (χ0v) is 21.2. The summed E-state index contributed by atoms with van der Waals surface area (Å²) in [6.45, 7) is 7.90. The van der Waals surface area contributed by atoms with Gasteiger partial charge in [0.1, 0.15) is 0 Å². The Balaban J connectivity index is 1.44. The van der Waals surface area contributed by atoms with Crippen LogP contribution in [-0.2, 0) is 19.6 Å². The number of rotatable bonds is 5. The lowest BCUT2D eigenvalue weighted by Gasteiger charge is -2.39. The van der Waals surface area contributed by atoms with Crippen LogP contribution in [0.15, 0.2) is 23.1 Å². The van der Waals surface area contributed by atoms with Crippen LogP contribution in [0.5, 0.6) is 0 Å². The topological polar surface area (TPSA) is 84.0 Å². The van der Waals surface area contributed by atoms with E-state index in [4.69, 9.17) is 16.3 Å². The summed E-state index contributed by atoms with van der Waals surface area (Å²) < 4.78 is 32.7. The molecule has 0 spiro atoms. The first-order valence-corrected chi connectivity index (χ1v) is 13.5. The molecule has 1 saturated carbocycles. The molecule has 1 aliphatic carbocycles. The van der Waals surface area contributed by atoms with Crippen LogP contribution in [0.25, 0.3) is 0 Å². The maximum absolute atomic E-state index is 13.0. The highest BCUT2D eigenvalue weighted by Crippen LogP contribution is 2.52. The highest BCUT2D eigenvalue weighted by Gasteiger charge is 2.51. The van der Waals surface area contributed by atoms with Crippen LogP contribution >= 0.6 is 11.6 Å². The van der Waals surface area contributed by atoms with Gasteiger partial charge in [-0.3, -0.25) is 4.79 Å². The van der Waals surface area contributed by atoms with E-state index in [1.165, 1.54) is 22.5 Å². The summed E-state index contributed by atoms with van der Waals surface area (Å²) in [4.78, 5) is 27.5. The average molecular weight is 497 g/mol. The van der Waals surface area contributed by atoms with Crippen molar-refractivity contribution in [2.75, 3.05) is 26.2 Å². The number of hydrogen-bond donors (Lipinski definition) is 0. The zero-order valence-electron chi connectivity index (χ0n) is 19.6. The number of benzene rings is 1. The molecule has 3 aliphatic rings. The number of hydrogen-bond acceptors (Lipinski definition) is 5. The summed E-state index contributed by atoms with van der Waals surface area (Å²) in [5.41, 5.74) is 0.222. The molecule has 4 rings (SSSR count). The maximum Gasteiger partial charge on any atom is 0.340 e. The summed E-state index contributed by atoms with van der Waals surface area (Å²) in [5, 5.41) is 0.0938. The fourth-order valence-electron chi connectivity index (χ4n) is 6.12. The minimum absolute atomic E-state index is 0.00979. The lowest BCUT2D eigenvalue weighted by atomic mass is 9.65. The number of fused-ring (bicyclic) bond motifs is 2. The molecule has 33 heavy (non-hydrogen) atoms. The normalized spacial score (nSPS) is 27.4. The predicted molar refractivity (Wildman–Crippen MR) is 126 cm³/mol. The number of likely N-dealkylation sites (tertiary alicyclic amines) is 1. The zero-order chi connectivity index (χ0) is 24.0. The average Bonchev–Trinajstić information content (AvgIpc) is 3.01. The second-order valence-electron chi connectivity index (χ2n) is 10.9. The van der Waals surface area contributed by atoms with Crippen molar-refractivity contribution in [3.63, 3.8) is 0 Å². The number of halogens is 1. The molecule has 3 fully saturated rings. The molecule has 2 atom stereocenters. The van der Waals surface area contributed by atoms with E-state index in [0.29, 0.717) is 19.6 Å². The van der Waals surface area contributed by atoms with Crippen LogP contribution in [0, 0.1) is 10.8 Å². The Hall–Kier alpha value is -1.64. The van der Waals surface area contributed by atoms with Gasteiger partial charge >= 0.3 is 5.97 Å². The van der Waals surface area contributed by atoms with Gasteiger partial charge in [0.15, 0.2) is 6.61 Å². The van der Waals surface area contributed by atoms with Crippen molar-refractivity contribution in [1.29, 1.82) is 0 Å². The Morgan fingerprint density at radius 1 is 1.12 bits per heavy atom. The van der Waals surface area contributed by atoms with E-state index in [9.17, 15) is 18.0 Å². The SMILES string of the molecule is CC1(C)CC2CC(C)(CN2C(=O)COC(=O)c2cc(S(=O)(=O)N3CCCCC3)ccc2Cl)C1. The number of piperidine rings is 1. The lowest BCUT2D eigenvalue weighted by molar-refractivity contribution is -0.135. The summed E-state index contributed by atoms with van der Waals surface area (Å²) in [5.74, 6) is -1.01. The van der Waals surface area contributed by atoms with Crippen LogP contribution in [0.4, 0.5) is 0 Å². The molecule has 182 valence electrons. The molecule has 1 aromatic carbocycles. The first-order valence-electron chi connectivity index (χ1n) is 11.7. The Labute approximate surface area is 201 Å². The molecule has 2 aliphatic heterocycles. The molecule has 1 aromatic rings. The fourth-order valence-corrected chi connectivity index (χ4v) is 7.85. The van der Waals surface area contributed by atoms with E-state index >= 15 is 0 Å². The molecule has 0 radical (unpaired) electrons. The molecule has 9 heteroatoms. The summed E-state index contributed by atoms with van der Waals surface area (Å²) in [6, 6.07) is 4.21. The van der Waals surface area contributed by atoms with E-state index in [1.54, 1.807) is 0 Å². The molecule has 2 unspecified atom stereocenters. The van der Waals surface area contributed by atoms with E-state index in [1.807, 2.05) is 4.90 Å². The van der Waals surface area contributed by atoms with E-state index in [2.05, 4.69) is 20.8 Å². The van der Waals surface area contributed by atoms with Crippen LogP contribution in [0.2, 0.25) is 5.02 Å². The number of sulfonamides is 1. The molecule has 7 nitrogen and oxygen atoms in total. The van der Waals surface area contributed by atoms with Gasteiger partial charge in [-0.15, -0.1) is 0 Å². The van der Waals surface area contributed by atoms with E-state index < -0.39 is 16.0 Å². The van der Waals surface area contributed by atoms with Crippen molar-refractivity contribution >= 4 is 33.5 Å². The second-order valence-corrected chi connectivity index (χ2v) is 13.3. The molecule has 0 aromatic heterocycles. The number of esters is 1.